The van der Waals surface area contributed by atoms with Gasteiger partial charge in [0.2, 0.25) is 0 Å². The molecule has 61 heavy (non-hydrogen) atoms. The Morgan fingerprint density at radius 3 is 2.10 bits per heavy atom. The van der Waals surface area contributed by atoms with Crippen molar-refractivity contribution < 1.29 is 4.74 Å². The van der Waals surface area contributed by atoms with Crippen LogP contribution < -0.4 is 0 Å². The molecule has 5 nitrogen and oxygen atoms in total. The largest absolute Gasteiger partial charge is 0.485 e. The number of aromatic nitrogens is 4. The fourth-order valence-corrected chi connectivity index (χ4v) is 9.43. The quantitative estimate of drug-likeness (QED) is 0.182. The normalized spacial score (nSPS) is 16.2. The first-order chi connectivity index (χ1) is 29.8. The van der Waals surface area contributed by atoms with Gasteiger partial charge in [0.05, 0.1) is 27.8 Å². The number of allylic oxidation sites excluding steroid dienone is 4. The summed E-state index contributed by atoms with van der Waals surface area (Å²) < 4.78 is 10.9. The van der Waals surface area contributed by atoms with Crippen molar-refractivity contribution >= 4 is 49.2 Å². The highest BCUT2D eigenvalue weighted by Gasteiger charge is 2.32. The molecular formula is C56H50N4O. The smallest absolute Gasteiger partial charge is 0.138 e. The Labute approximate surface area is 357 Å². The molecule has 5 heteroatoms. The molecule has 2 aliphatic rings. The number of aromatic amines is 1. The second kappa shape index (κ2) is 15.5. The van der Waals surface area contributed by atoms with Crippen LogP contribution in [0.15, 0.2) is 181 Å². The Morgan fingerprint density at radius 2 is 1.36 bits per heavy atom. The number of benzene rings is 5. The average molecular weight is 795 g/mol. The summed E-state index contributed by atoms with van der Waals surface area (Å²) >= 11 is 0. The number of nitrogens with one attached hydrogen (secondary N) is 1. The van der Waals surface area contributed by atoms with Gasteiger partial charge in [-0.15, -0.1) is 0 Å². The molecule has 0 radical (unpaired) electrons. The molecule has 0 saturated heterocycles. The third kappa shape index (κ3) is 6.62. The molecule has 0 fully saturated rings. The van der Waals surface area contributed by atoms with E-state index in [-0.39, 0.29) is 12.0 Å². The number of rotatable bonds is 6. The number of nitrogens with zero attached hydrogens (tertiary/aromatic N) is 3. The van der Waals surface area contributed by atoms with Gasteiger partial charge in [0.1, 0.15) is 17.7 Å². The van der Waals surface area contributed by atoms with E-state index in [1.807, 2.05) is 19.2 Å². The zero-order valence-electron chi connectivity index (χ0n) is 35.6. The maximum atomic E-state index is 6.21. The highest BCUT2D eigenvalue weighted by molar-refractivity contribution is 6.12. The van der Waals surface area contributed by atoms with Gasteiger partial charge in [-0.3, -0.25) is 4.57 Å². The first-order valence-electron chi connectivity index (χ1n) is 21.4. The van der Waals surface area contributed by atoms with E-state index in [1.165, 1.54) is 66.1 Å². The van der Waals surface area contributed by atoms with E-state index in [2.05, 4.69) is 207 Å². The van der Waals surface area contributed by atoms with E-state index in [0.717, 1.165) is 39.6 Å². The summed E-state index contributed by atoms with van der Waals surface area (Å²) in [5.41, 5.74) is 15.8. The zero-order valence-corrected chi connectivity index (χ0v) is 35.6. The Kier molecular flexibility index (Phi) is 9.68. The molecule has 11 rings (SSSR count). The lowest BCUT2D eigenvalue weighted by Crippen LogP contribution is -2.17. The maximum absolute atomic E-state index is 6.21. The molecule has 5 heterocycles. The van der Waals surface area contributed by atoms with E-state index in [4.69, 9.17) is 9.72 Å². The number of aryl methyl sites for hydroxylation is 2. The molecular weight excluding hydrogens is 745 g/mol. The molecule has 1 N–H and O–H groups in total. The molecule has 0 bridgehead atoms. The third-order valence-corrected chi connectivity index (χ3v) is 12.4. The molecule has 2 unspecified atom stereocenters. The van der Waals surface area contributed by atoms with Crippen molar-refractivity contribution in [3.8, 4) is 22.6 Å². The van der Waals surface area contributed by atoms with Crippen LogP contribution in [0.25, 0.3) is 71.8 Å². The van der Waals surface area contributed by atoms with Gasteiger partial charge in [0, 0.05) is 50.6 Å². The fourth-order valence-electron chi connectivity index (χ4n) is 9.43. The van der Waals surface area contributed by atoms with E-state index in [0.29, 0.717) is 5.92 Å². The van der Waals surface area contributed by atoms with Gasteiger partial charge in [-0.1, -0.05) is 110 Å². The van der Waals surface area contributed by atoms with Gasteiger partial charge in [0.25, 0.3) is 0 Å². The van der Waals surface area contributed by atoms with Crippen LogP contribution in [0.4, 0.5) is 0 Å². The van der Waals surface area contributed by atoms with Crippen LogP contribution in [0, 0.1) is 19.8 Å². The second-order valence-corrected chi connectivity index (χ2v) is 16.7. The van der Waals surface area contributed by atoms with Crippen LogP contribution >= 0.6 is 0 Å². The van der Waals surface area contributed by atoms with Gasteiger partial charge < -0.3 is 14.3 Å². The number of ether oxygens (including phenoxy) is 1. The Morgan fingerprint density at radius 1 is 0.672 bits per heavy atom. The molecule has 1 aliphatic heterocycles. The standard InChI is InChI=1S/C42H33N3O.C14H17N/c1-4-10-40-27(3)32-24-28(18-22-41(32)46-40)35-13-9-16-42(43-35)45-38-20-17-26(2)23-33(38)34-25-29(19-21-39(34)45)44-36-14-7-5-11-30(36)31-12-6-8-15-37(31)44;1-10(2)14-13(8-9-15-14)12-7-5-4-6-11(12)3/h4-25,32,41H,1-3H3;4-10,15H,1-3H3/b10-4-;. The second-order valence-electron chi connectivity index (χ2n) is 16.7. The summed E-state index contributed by atoms with van der Waals surface area (Å²) in [6.07, 6.45) is 12.8. The fraction of sp³-hybridized carbons (Fsp3) is 0.161. The number of fused-ring (bicyclic) bond motifs is 7. The van der Waals surface area contributed by atoms with Crippen molar-refractivity contribution in [2.75, 3.05) is 0 Å². The van der Waals surface area contributed by atoms with E-state index in [1.54, 1.807) is 0 Å². The molecule has 300 valence electrons. The molecule has 0 amide bonds. The van der Waals surface area contributed by atoms with E-state index < -0.39 is 0 Å². The molecule has 4 aromatic heterocycles. The summed E-state index contributed by atoms with van der Waals surface area (Å²) in [5, 5.41) is 4.97. The summed E-state index contributed by atoms with van der Waals surface area (Å²) in [6.45, 7) is 13.0. The Hall–Kier alpha value is -7.11. The summed E-state index contributed by atoms with van der Waals surface area (Å²) in [5.74, 6) is 2.64. The van der Waals surface area contributed by atoms with E-state index >= 15 is 0 Å². The number of hydrogen-bond acceptors (Lipinski definition) is 2. The summed E-state index contributed by atoms with van der Waals surface area (Å²) in [6, 6.07) is 48.0. The topological polar surface area (TPSA) is 47.8 Å². The number of para-hydroxylation sites is 2. The summed E-state index contributed by atoms with van der Waals surface area (Å²) in [4.78, 5) is 8.61. The number of pyridine rings is 1. The van der Waals surface area contributed by atoms with Crippen molar-refractivity contribution in [3.05, 3.63) is 204 Å². The number of H-pyrrole nitrogens is 1. The lowest BCUT2D eigenvalue weighted by molar-refractivity contribution is 0.174. The molecule has 2 atom stereocenters. The predicted octanol–water partition coefficient (Wildman–Crippen LogP) is 14.5. The highest BCUT2D eigenvalue weighted by atomic mass is 16.5. The van der Waals surface area contributed by atoms with Crippen molar-refractivity contribution in [2.45, 2.75) is 53.6 Å². The van der Waals surface area contributed by atoms with Gasteiger partial charge in [0.15, 0.2) is 0 Å². The van der Waals surface area contributed by atoms with Crippen LogP contribution in [0.1, 0.15) is 56.1 Å². The van der Waals surface area contributed by atoms with Crippen molar-refractivity contribution in [1.82, 2.24) is 19.1 Å². The van der Waals surface area contributed by atoms with Gasteiger partial charge in [-0.25, -0.2) is 4.98 Å². The minimum absolute atomic E-state index is 0.0439. The van der Waals surface area contributed by atoms with Crippen molar-refractivity contribution in [2.24, 2.45) is 5.92 Å². The monoisotopic (exact) mass is 794 g/mol. The first kappa shape index (κ1) is 38.1. The lowest BCUT2D eigenvalue weighted by atomic mass is 9.88. The SMILES string of the molecule is C/C=C\C1=C(C)C2C=C(c3cccc(-n4c5ccc(C)cc5c5cc(-n6c7ccccc7c7ccccc76)ccc54)n3)C=CC2O1.Cc1ccccc1-c1cc[nH]c1C(C)C. The average Bonchev–Trinajstić information content (AvgIpc) is 4.06. The van der Waals surface area contributed by atoms with Crippen LogP contribution in [-0.4, -0.2) is 25.2 Å². The van der Waals surface area contributed by atoms with Crippen molar-refractivity contribution in [3.63, 3.8) is 0 Å². The van der Waals surface area contributed by atoms with Crippen LogP contribution in [0.5, 0.6) is 0 Å². The van der Waals surface area contributed by atoms with Crippen molar-refractivity contribution in [1.29, 1.82) is 0 Å². The Bertz CT molecular complexity index is 3220. The highest BCUT2D eigenvalue weighted by Crippen LogP contribution is 2.40. The Balaban J connectivity index is 0.000000251. The lowest BCUT2D eigenvalue weighted by Gasteiger charge is -2.20. The first-order valence-corrected chi connectivity index (χ1v) is 21.4. The minimum Gasteiger partial charge on any atom is -0.485 e. The van der Waals surface area contributed by atoms with Crippen LogP contribution in [-0.2, 0) is 4.74 Å². The van der Waals surface area contributed by atoms with Gasteiger partial charge in [-0.05, 0) is 129 Å². The zero-order chi connectivity index (χ0) is 41.8. The molecule has 9 aromatic rings. The van der Waals surface area contributed by atoms with Crippen LogP contribution in [0.2, 0.25) is 0 Å². The van der Waals surface area contributed by atoms with Gasteiger partial charge in [-0.2, -0.15) is 0 Å². The molecule has 0 saturated carbocycles. The molecule has 5 aromatic carbocycles. The molecule has 0 spiro atoms. The van der Waals surface area contributed by atoms with Crippen LogP contribution in [0.3, 0.4) is 0 Å². The van der Waals surface area contributed by atoms with Gasteiger partial charge >= 0.3 is 0 Å². The molecule has 1 aliphatic carbocycles. The minimum atomic E-state index is 0.0439. The predicted molar refractivity (Wildman–Crippen MR) is 256 cm³/mol. The number of hydrogen-bond donors (Lipinski definition) is 1. The maximum Gasteiger partial charge on any atom is 0.138 e. The van der Waals surface area contributed by atoms with E-state index in [9.17, 15) is 0 Å². The summed E-state index contributed by atoms with van der Waals surface area (Å²) in [7, 11) is 0. The third-order valence-electron chi connectivity index (χ3n) is 12.4.